The summed E-state index contributed by atoms with van der Waals surface area (Å²) < 4.78 is 6.44. The molecule has 4 nitrogen and oxygen atoms in total. The van der Waals surface area contributed by atoms with Crippen LogP contribution in [0.4, 0.5) is 0 Å². The molecule has 2 aliphatic rings. The number of hydrogen-bond donors (Lipinski definition) is 0. The van der Waals surface area contributed by atoms with E-state index in [-0.39, 0.29) is 12.0 Å². The Balaban J connectivity index is 1.37. The average Bonchev–Trinajstić information content (AvgIpc) is 3.35. The van der Waals surface area contributed by atoms with Gasteiger partial charge in [-0.1, -0.05) is 61.7 Å². The highest BCUT2D eigenvalue weighted by atomic mass is 16.3. The highest BCUT2D eigenvalue weighted by Crippen LogP contribution is 2.40. The summed E-state index contributed by atoms with van der Waals surface area (Å²) in [5.74, 6) is 0.162. The number of rotatable bonds is 3. The van der Waals surface area contributed by atoms with E-state index in [1.807, 2.05) is 12.2 Å². The Kier molecular flexibility index (Phi) is 6.16. The van der Waals surface area contributed by atoms with Gasteiger partial charge in [0.25, 0.3) is 0 Å². The first kappa shape index (κ1) is 26.1. The highest BCUT2D eigenvalue weighted by Gasteiger charge is 2.33. The van der Waals surface area contributed by atoms with Crippen molar-refractivity contribution in [1.29, 1.82) is 0 Å². The zero-order chi connectivity index (χ0) is 29.1. The lowest BCUT2D eigenvalue weighted by Gasteiger charge is -2.31. The second-order valence-corrected chi connectivity index (χ2v) is 11.5. The molecule has 0 fully saturated rings. The first-order chi connectivity index (χ1) is 20.4. The van der Waals surface area contributed by atoms with Gasteiger partial charge in [-0.2, -0.15) is 0 Å². The van der Waals surface area contributed by atoms with E-state index in [2.05, 4.69) is 101 Å². The van der Waals surface area contributed by atoms with Crippen molar-refractivity contribution < 1.29 is 4.42 Å². The smallest absolute Gasteiger partial charge is 0.227 e. The van der Waals surface area contributed by atoms with Crippen molar-refractivity contribution >= 4 is 33.5 Å². The topological polar surface area (TPSA) is 50.8 Å². The van der Waals surface area contributed by atoms with Crippen LogP contribution in [0.3, 0.4) is 0 Å². The lowest BCUT2D eigenvalue weighted by molar-refractivity contribution is 0.540. The summed E-state index contributed by atoms with van der Waals surface area (Å²) >= 11 is 0. The summed E-state index contributed by atoms with van der Waals surface area (Å²) in [6.45, 7) is 19.0. The van der Waals surface area contributed by atoms with Crippen molar-refractivity contribution in [1.82, 2.24) is 4.98 Å². The summed E-state index contributed by atoms with van der Waals surface area (Å²) in [5, 5.41) is 2.01. The van der Waals surface area contributed by atoms with E-state index in [9.17, 15) is 0 Å². The van der Waals surface area contributed by atoms with Crippen LogP contribution in [-0.2, 0) is 6.42 Å². The fourth-order valence-electron chi connectivity index (χ4n) is 6.98. The first-order valence-corrected chi connectivity index (χ1v) is 14.5. The lowest BCUT2D eigenvalue weighted by atomic mass is 9.79. The normalized spacial score (nSPS) is 18.2. The third kappa shape index (κ3) is 4.09. The number of fused-ring (bicyclic) bond motifs is 7. The predicted octanol–water partition coefficient (Wildman–Crippen LogP) is 9.15. The minimum absolute atomic E-state index is 0.155. The minimum atomic E-state index is -0.155. The molecule has 0 radical (unpaired) electrons. The van der Waals surface area contributed by atoms with E-state index < -0.39 is 0 Å². The van der Waals surface area contributed by atoms with Crippen molar-refractivity contribution in [3.8, 4) is 11.3 Å². The summed E-state index contributed by atoms with van der Waals surface area (Å²) in [6.07, 6.45) is 5.41. The van der Waals surface area contributed by atoms with Crippen molar-refractivity contribution in [2.45, 2.75) is 45.6 Å². The Morgan fingerprint density at radius 2 is 1.62 bits per heavy atom. The third-order valence-electron chi connectivity index (χ3n) is 8.78. The standard InChI is InChI=1S/C38H33N3O/c1-7-32-27-12-10-9-11-26(27)28-14-13-25-19-35-31(20-30(25)33(8-2)39-24(6)37(28)40-32)29-15-16-34(41-38(29)42-35)36-22(4)17-21(3)18-23(36)5/h7-12,15-20,28,37H,1-2,6,13-14H2,3-5H3. The van der Waals surface area contributed by atoms with Gasteiger partial charge in [-0.25, -0.2) is 4.98 Å². The van der Waals surface area contributed by atoms with Crippen molar-refractivity contribution in [2.24, 2.45) is 9.98 Å². The van der Waals surface area contributed by atoms with Gasteiger partial charge in [0.1, 0.15) is 5.58 Å². The molecule has 206 valence electrons. The molecule has 0 aliphatic carbocycles. The van der Waals surface area contributed by atoms with Crippen LogP contribution in [0.25, 0.3) is 33.3 Å². The lowest BCUT2D eigenvalue weighted by Crippen LogP contribution is -2.27. The zero-order valence-electron chi connectivity index (χ0n) is 24.4. The zero-order valence-corrected chi connectivity index (χ0v) is 24.4. The fourth-order valence-corrected chi connectivity index (χ4v) is 6.98. The summed E-state index contributed by atoms with van der Waals surface area (Å²) in [4.78, 5) is 15.1. The van der Waals surface area contributed by atoms with E-state index in [4.69, 9.17) is 19.4 Å². The van der Waals surface area contributed by atoms with E-state index >= 15 is 0 Å². The largest absolute Gasteiger partial charge is 0.438 e. The van der Waals surface area contributed by atoms with E-state index in [1.165, 1.54) is 27.8 Å². The van der Waals surface area contributed by atoms with E-state index in [0.717, 1.165) is 68.7 Å². The molecule has 0 N–H and O–H groups in total. The minimum Gasteiger partial charge on any atom is -0.438 e. The molecule has 3 aromatic carbocycles. The highest BCUT2D eigenvalue weighted by molar-refractivity contribution is 6.15. The van der Waals surface area contributed by atoms with Crippen molar-refractivity contribution in [3.63, 3.8) is 0 Å². The van der Waals surface area contributed by atoms with Crippen LogP contribution in [-0.4, -0.2) is 22.4 Å². The number of furan rings is 1. The van der Waals surface area contributed by atoms with Crippen LogP contribution in [0.5, 0.6) is 0 Å². The number of aryl methyl sites for hydroxylation is 4. The fraction of sp³-hybridized carbons (Fsp3) is 0.184. The maximum atomic E-state index is 6.44. The Bertz CT molecular complexity index is 2010. The summed E-state index contributed by atoms with van der Waals surface area (Å²) in [7, 11) is 0. The van der Waals surface area contributed by atoms with Crippen LogP contribution in [0, 0.1) is 20.8 Å². The number of nitrogens with zero attached hydrogens (tertiary/aromatic N) is 3. The van der Waals surface area contributed by atoms with Gasteiger partial charge < -0.3 is 4.42 Å². The number of pyridine rings is 1. The third-order valence-corrected chi connectivity index (χ3v) is 8.78. The average molecular weight is 548 g/mol. The molecule has 7 rings (SSSR count). The van der Waals surface area contributed by atoms with Crippen LogP contribution in [0.1, 0.15) is 51.3 Å². The molecule has 2 atom stereocenters. The summed E-state index contributed by atoms with van der Waals surface area (Å²) in [6, 6.07) is 21.3. The molecule has 2 unspecified atom stereocenters. The number of aromatic nitrogens is 1. The monoisotopic (exact) mass is 547 g/mol. The molecule has 42 heavy (non-hydrogen) atoms. The number of hydrogen-bond acceptors (Lipinski definition) is 4. The first-order valence-electron chi connectivity index (χ1n) is 14.5. The second kappa shape index (κ2) is 9.92. The van der Waals surface area contributed by atoms with Gasteiger partial charge in [0.2, 0.25) is 5.71 Å². The molecule has 4 heterocycles. The Hall–Kier alpha value is -4.83. The van der Waals surface area contributed by atoms with Crippen LogP contribution >= 0.6 is 0 Å². The molecule has 2 aliphatic heterocycles. The molecule has 0 bridgehead atoms. The van der Waals surface area contributed by atoms with Gasteiger partial charge in [-0.3, -0.25) is 9.98 Å². The predicted molar refractivity (Wildman–Crippen MR) is 175 cm³/mol. The second-order valence-electron chi connectivity index (χ2n) is 11.5. The van der Waals surface area contributed by atoms with Gasteiger partial charge >= 0.3 is 0 Å². The Labute approximate surface area is 246 Å². The molecule has 0 saturated heterocycles. The van der Waals surface area contributed by atoms with Crippen molar-refractivity contribution in [3.05, 3.63) is 137 Å². The van der Waals surface area contributed by atoms with Gasteiger partial charge in [0, 0.05) is 33.4 Å². The van der Waals surface area contributed by atoms with Gasteiger partial charge in [-0.15, -0.1) is 0 Å². The van der Waals surface area contributed by atoms with Gasteiger partial charge in [0.05, 0.1) is 28.9 Å². The Morgan fingerprint density at radius 1 is 0.857 bits per heavy atom. The molecule has 4 heteroatoms. The van der Waals surface area contributed by atoms with Crippen molar-refractivity contribution in [2.75, 3.05) is 0 Å². The molecular weight excluding hydrogens is 514 g/mol. The van der Waals surface area contributed by atoms with Crippen LogP contribution < -0.4 is 0 Å². The molecule has 5 aromatic rings. The Morgan fingerprint density at radius 3 is 2.38 bits per heavy atom. The maximum absolute atomic E-state index is 6.44. The molecule has 0 saturated carbocycles. The number of allylic oxidation sites excluding steroid dienone is 2. The van der Waals surface area contributed by atoms with E-state index in [0.29, 0.717) is 5.71 Å². The molecular formula is C38H33N3O. The van der Waals surface area contributed by atoms with Gasteiger partial charge in [0.15, 0.2) is 0 Å². The van der Waals surface area contributed by atoms with Crippen LogP contribution in [0.2, 0.25) is 0 Å². The van der Waals surface area contributed by atoms with Crippen LogP contribution in [0.15, 0.2) is 113 Å². The summed E-state index contributed by atoms with van der Waals surface area (Å²) in [5.41, 5.74) is 14.3. The molecule has 2 aromatic heterocycles. The van der Waals surface area contributed by atoms with Gasteiger partial charge in [-0.05, 0) is 92.3 Å². The number of benzene rings is 3. The maximum Gasteiger partial charge on any atom is 0.227 e. The quantitative estimate of drug-likeness (QED) is 0.226. The molecule has 0 amide bonds. The molecule has 0 spiro atoms. The number of aliphatic imine (C=N–C) groups is 2. The SMILES string of the molecule is C=CC1=NC(=C)C2N=C(C=C)c3ccccc3C2CCc2cc3oc4nc(-c5c(C)cc(C)cc5C)ccc4c3cc21. The van der Waals surface area contributed by atoms with E-state index in [1.54, 1.807) is 0 Å².